The number of carbonyl (C=O) groups excluding carboxylic acids is 1. The summed E-state index contributed by atoms with van der Waals surface area (Å²) in [5.41, 5.74) is -1.08. The van der Waals surface area contributed by atoms with Crippen LogP contribution < -0.4 is 4.90 Å². The topological polar surface area (TPSA) is 54.3 Å². The van der Waals surface area contributed by atoms with Crippen molar-refractivity contribution < 1.29 is 26.7 Å². The van der Waals surface area contributed by atoms with Gasteiger partial charge in [0.15, 0.2) is 12.0 Å². The van der Waals surface area contributed by atoms with Crippen molar-refractivity contribution in [1.29, 1.82) is 0 Å². The number of aromatic nitrogens is 3. The lowest BCUT2D eigenvalue weighted by Gasteiger charge is -2.42. The maximum Gasteiger partial charge on any atom is 0.416 e. The van der Waals surface area contributed by atoms with E-state index in [0.717, 1.165) is 6.07 Å². The fourth-order valence-electron chi connectivity index (χ4n) is 5.19. The van der Waals surface area contributed by atoms with Gasteiger partial charge >= 0.3 is 6.18 Å². The van der Waals surface area contributed by atoms with Crippen LogP contribution in [0.25, 0.3) is 0 Å². The van der Waals surface area contributed by atoms with Crippen LogP contribution in [0.1, 0.15) is 64.4 Å². The van der Waals surface area contributed by atoms with Crippen LogP contribution in [-0.4, -0.2) is 44.3 Å². The molecule has 11 heteroatoms. The van der Waals surface area contributed by atoms with Crippen molar-refractivity contribution in [2.45, 2.75) is 50.9 Å². The van der Waals surface area contributed by atoms with Crippen LogP contribution >= 0.6 is 0 Å². The summed E-state index contributed by atoms with van der Waals surface area (Å²) in [6.07, 6.45) is -4.73. The molecule has 0 radical (unpaired) electrons. The second-order valence-corrected chi connectivity index (χ2v) is 10.2. The second kappa shape index (κ2) is 8.90. The number of nitrogens with zero attached hydrogens (tertiary/aromatic N) is 5. The zero-order chi connectivity index (χ0) is 26.7. The van der Waals surface area contributed by atoms with Crippen LogP contribution in [0.15, 0.2) is 42.7 Å². The summed E-state index contributed by atoms with van der Waals surface area (Å²) >= 11 is 0. The number of likely N-dealkylation sites (tertiary alicyclic amines) is 1. The van der Waals surface area contributed by atoms with Crippen molar-refractivity contribution in [2.24, 2.45) is 7.05 Å². The number of aryl methyl sites for hydroxylation is 1. The predicted octanol–water partition coefficient (Wildman–Crippen LogP) is 5.35. The van der Waals surface area contributed by atoms with Crippen molar-refractivity contribution in [3.05, 3.63) is 76.4 Å². The lowest BCUT2D eigenvalue weighted by atomic mass is 9.95. The first-order valence-corrected chi connectivity index (χ1v) is 11.9. The van der Waals surface area contributed by atoms with Gasteiger partial charge in [0.1, 0.15) is 12.0 Å². The first-order chi connectivity index (χ1) is 17.3. The Kier molecular flexibility index (Phi) is 6.09. The van der Waals surface area contributed by atoms with Crippen molar-refractivity contribution in [3.8, 4) is 0 Å². The van der Waals surface area contributed by atoms with Gasteiger partial charge in [-0.15, -0.1) is 10.2 Å². The molecule has 0 saturated carbocycles. The highest BCUT2D eigenvalue weighted by molar-refractivity contribution is 6.10. The Bertz CT molecular complexity index is 1340. The van der Waals surface area contributed by atoms with Crippen molar-refractivity contribution in [2.75, 3.05) is 18.0 Å². The Morgan fingerprint density at radius 1 is 1.16 bits per heavy atom. The van der Waals surface area contributed by atoms with E-state index in [9.17, 15) is 22.4 Å². The molecule has 1 saturated heterocycles. The third-order valence-corrected chi connectivity index (χ3v) is 7.06. The Labute approximate surface area is 210 Å². The Morgan fingerprint density at radius 2 is 1.89 bits per heavy atom. The average Bonchev–Trinajstić information content (AvgIpc) is 3.39. The van der Waals surface area contributed by atoms with Crippen molar-refractivity contribution in [1.82, 2.24) is 19.7 Å². The zero-order valence-electron chi connectivity index (χ0n) is 20.6. The quantitative estimate of drug-likeness (QED) is 0.412. The highest BCUT2D eigenvalue weighted by atomic mass is 19.4. The number of benzene rings is 2. The van der Waals surface area contributed by atoms with Gasteiger partial charge in [0.2, 0.25) is 0 Å². The molecule has 1 aromatic heterocycles. The minimum Gasteiger partial charge on any atom is -0.318 e. The van der Waals surface area contributed by atoms with Crippen LogP contribution in [0.4, 0.5) is 27.6 Å². The average molecular weight is 520 g/mol. The van der Waals surface area contributed by atoms with E-state index in [-0.39, 0.29) is 43.1 Å². The summed E-state index contributed by atoms with van der Waals surface area (Å²) in [7, 11) is 1.63. The van der Waals surface area contributed by atoms with Gasteiger partial charge in [0, 0.05) is 43.9 Å². The van der Waals surface area contributed by atoms with Crippen molar-refractivity contribution in [3.63, 3.8) is 0 Å². The van der Waals surface area contributed by atoms with Crippen LogP contribution in [-0.2, 0) is 26.3 Å². The van der Waals surface area contributed by atoms with Gasteiger partial charge in [-0.05, 0) is 47.9 Å². The summed E-state index contributed by atoms with van der Waals surface area (Å²) in [5.74, 6) is -1.05. The molecule has 3 heterocycles. The zero-order valence-corrected chi connectivity index (χ0v) is 20.6. The second-order valence-electron chi connectivity index (χ2n) is 10.2. The van der Waals surface area contributed by atoms with E-state index < -0.39 is 35.4 Å². The molecule has 2 atom stereocenters. The number of rotatable bonds is 6. The minimum absolute atomic E-state index is 0.0192. The van der Waals surface area contributed by atoms with Gasteiger partial charge in [0.25, 0.3) is 5.91 Å². The van der Waals surface area contributed by atoms with Crippen LogP contribution in [0.5, 0.6) is 0 Å². The molecule has 37 heavy (non-hydrogen) atoms. The molecular formula is C26H26F5N5O. The molecule has 2 unspecified atom stereocenters. The number of alkyl halides is 5. The molecule has 0 bridgehead atoms. The van der Waals surface area contributed by atoms with E-state index in [1.807, 2.05) is 0 Å². The maximum absolute atomic E-state index is 15.2. The van der Waals surface area contributed by atoms with Gasteiger partial charge in [-0.3, -0.25) is 9.69 Å². The molecule has 0 aliphatic carbocycles. The van der Waals surface area contributed by atoms with Gasteiger partial charge in [-0.25, -0.2) is 8.78 Å². The molecule has 6 nitrogen and oxygen atoms in total. The highest BCUT2D eigenvalue weighted by Crippen LogP contribution is 2.41. The molecule has 5 rings (SSSR count). The number of hydrogen-bond donors (Lipinski definition) is 0. The van der Waals surface area contributed by atoms with Crippen molar-refractivity contribution >= 4 is 11.6 Å². The third kappa shape index (κ3) is 4.72. The van der Waals surface area contributed by atoms with E-state index >= 15 is 4.39 Å². The highest BCUT2D eigenvalue weighted by Gasteiger charge is 2.42. The fourth-order valence-corrected chi connectivity index (χ4v) is 5.19. The first-order valence-electron chi connectivity index (χ1n) is 11.9. The maximum atomic E-state index is 15.2. The molecule has 1 amide bonds. The Morgan fingerprint density at radius 3 is 2.51 bits per heavy atom. The van der Waals surface area contributed by atoms with Crippen LogP contribution in [0, 0.1) is 0 Å². The van der Waals surface area contributed by atoms with E-state index in [1.54, 1.807) is 43.1 Å². The molecule has 196 valence electrons. The molecule has 1 fully saturated rings. The molecule has 0 N–H and O–H groups in total. The summed E-state index contributed by atoms with van der Waals surface area (Å²) in [6, 6.07) is 9.11. The summed E-state index contributed by atoms with van der Waals surface area (Å²) in [5, 5.41) is 7.53. The van der Waals surface area contributed by atoms with Gasteiger partial charge in [-0.2, -0.15) is 13.2 Å². The number of hydrogen-bond acceptors (Lipinski definition) is 4. The summed E-state index contributed by atoms with van der Waals surface area (Å²) in [6.45, 7) is 3.24. The Balaban J connectivity index is 1.44. The molecule has 2 aromatic carbocycles. The first kappa shape index (κ1) is 25.3. The summed E-state index contributed by atoms with van der Waals surface area (Å²) in [4.78, 5) is 16.3. The molecule has 2 aliphatic heterocycles. The van der Waals surface area contributed by atoms with Crippen LogP contribution in [0.2, 0.25) is 0 Å². The predicted molar refractivity (Wildman–Crippen MR) is 126 cm³/mol. The fraction of sp³-hybridized carbons (Fsp3) is 0.423. The molecule has 0 spiro atoms. The molecule has 3 aromatic rings. The number of anilines is 1. The smallest absolute Gasteiger partial charge is 0.318 e. The number of fused-ring (bicyclic) bond motifs is 1. The van der Waals surface area contributed by atoms with E-state index in [1.165, 1.54) is 28.8 Å². The summed E-state index contributed by atoms with van der Waals surface area (Å²) < 4.78 is 72.5. The third-order valence-electron chi connectivity index (χ3n) is 7.06. The van der Waals surface area contributed by atoms with Gasteiger partial charge < -0.3 is 9.47 Å². The minimum atomic E-state index is -4.66. The van der Waals surface area contributed by atoms with Gasteiger partial charge in [-0.1, -0.05) is 19.1 Å². The lowest BCUT2D eigenvalue weighted by Crippen LogP contribution is -2.56. The lowest BCUT2D eigenvalue weighted by molar-refractivity contribution is -0.138. The Hall–Kier alpha value is -3.34. The number of amides is 1. The van der Waals surface area contributed by atoms with E-state index in [2.05, 4.69) is 10.2 Å². The molecular weight excluding hydrogens is 493 g/mol. The SMILES string of the molecule is CC(c1cccc(N2Cc3c(cc(CN4CC(C)(F)C4)cc3C(F)(F)F)C2=O)c1)C(F)c1nncn1C. The number of carbonyl (C=O) groups is 1. The van der Waals surface area contributed by atoms with E-state index in [4.69, 9.17) is 0 Å². The molecule has 2 aliphatic rings. The van der Waals surface area contributed by atoms with Gasteiger partial charge in [0.05, 0.1) is 12.1 Å². The van der Waals surface area contributed by atoms with E-state index in [0.29, 0.717) is 16.8 Å². The standard InChI is InChI=1S/C26H26F5N5O/c1-15(22(27)23-33-32-14-34(23)3)17-5-4-6-18(9-17)36-11-20-19(24(36)37)7-16(8-21(20)26(29,30)31)10-35-12-25(2,28)13-35/h4-9,14-15,22H,10-13H2,1-3H3. The number of halogens is 5. The largest absolute Gasteiger partial charge is 0.416 e. The normalized spacial score (nSPS) is 19.0. The monoisotopic (exact) mass is 519 g/mol. The van der Waals surface area contributed by atoms with Crippen LogP contribution in [0.3, 0.4) is 0 Å².